The second kappa shape index (κ2) is 5.45. The Morgan fingerprint density at radius 3 is 2.20 bits per heavy atom. The summed E-state index contributed by atoms with van der Waals surface area (Å²) in [6.07, 6.45) is -4.95. The predicted molar refractivity (Wildman–Crippen MR) is 66.0 cm³/mol. The van der Waals surface area contributed by atoms with Crippen LogP contribution < -0.4 is 0 Å². The summed E-state index contributed by atoms with van der Waals surface area (Å²) in [5.74, 6) is -3.27. The highest BCUT2D eigenvalue weighted by molar-refractivity contribution is 6.00. The van der Waals surface area contributed by atoms with Crippen LogP contribution in [-0.2, 0) is 6.42 Å². The van der Waals surface area contributed by atoms with Gasteiger partial charge >= 0.3 is 6.18 Å². The van der Waals surface area contributed by atoms with Crippen molar-refractivity contribution in [1.82, 2.24) is 0 Å². The van der Waals surface area contributed by atoms with Gasteiger partial charge in [0, 0.05) is 6.42 Å². The van der Waals surface area contributed by atoms with Gasteiger partial charge in [-0.1, -0.05) is 42.5 Å². The second-order valence-corrected chi connectivity index (χ2v) is 4.27. The number of carbonyl (C=O) groups is 1. The molecule has 0 saturated heterocycles. The summed E-state index contributed by atoms with van der Waals surface area (Å²) in [5, 5.41) is 0. The summed E-state index contributed by atoms with van der Waals surface area (Å²) in [7, 11) is 0. The lowest BCUT2D eigenvalue weighted by Gasteiger charge is -2.09. The number of halogens is 4. The molecule has 5 heteroatoms. The van der Waals surface area contributed by atoms with Crippen LogP contribution >= 0.6 is 0 Å². The Labute approximate surface area is 112 Å². The average Bonchev–Trinajstić information content (AvgIpc) is 2.40. The van der Waals surface area contributed by atoms with Crippen LogP contribution in [0.2, 0.25) is 0 Å². The quantitative estimate of drug-likeness (QED) is 0.610. The summed E-state index contributed by atoms with van der Waals surface area (Å²) >= 11 is 0. The van der Waals surface area contributed by atoms with Gasteiger partial charge in [-0.25, -0.2) is 4.39 Å². The molecule has 0 unspecified atom stereocenters. The third kappa shape index (κ3) is 3.04. The summed E-state index contributed by atoms with van der Waals surface area (Å²) in [6, 6.07) is 12.2. The highest BCUT2D eigenvalue weighted by Gasteiger charge is 2.40. The Morgan fingerprint density at radius 2 is 1.60 bits per heavy atom. The molecule has 0 spiro atoms. The van der Waals surface area contributed by atoms with Gasteiger partial charge in [-0.15, -0.1) is 0 Å². The van der Waals surface area contributed by atoms with Crippen molar-refractivity contribution in [2.75, 3.05) is 0 Å². The zero-order chi connectivity index (χ0) is 14.8. The fourth-order valence-electron chi connectivity index (χ4n) is 1.86. The molecule has 104 valence electrons. The highest BCUT2D eigenvalue weighted by Crippen LogP contribution is 2.25. The number of benzene rings is 2. The molecule has 0 heterocycles. The van der Waals surface area contributed by atoms with Crippen LogP contribution in [0.1, 0.15) is 21.5 Å². The normalized spacial score (nSPS) is 11.4. The van der Waals surface area contributed by atoms with E-state index in [4.69, 9.17) is 0 Å². The van der Waals surface area contributed by atoms with E-state index in [1.165, 1.54) is 12.1 Å². The summed E-state index contributed by atoms with van der Waals surface area (Å²) in [4.78, 5) is 11.1. The van der Waals surface area contributed by atoms with Crippen LogP contribution in [-0.4, -0.2) is 12.0 Å². The van der Waals surface area contributed by atoms with Crippen molar-refractivity contribution in [3.63, 3.8) is 0 Å². The Morgan fingerprint density at radius 1 is 0.950 bits per heavy atom. The van der Waals surface area contributed by atoms with Crippen molar-refractivity contribution in [1.29, 1.82) is 0 Å². The lowest BCUT2D eigenvalue weighted by Crippen LogP contribution is -2.24. The van der Waals surface area contributed by atoms with Crippen molar-refractivity contribution >= 4 is 5.78 Å². The Hall–Kier alpha value is -2.17. The van der Waals surface area contributed by atoms with Crippen molar-refractivity contribution in [3.8, 4) is 0 Å². The molecule has 0 N–H and O–H groups in total. The molecule has 2 aromatic rings. The number of Topliss-reactive ketones (excluding diaryl/α,β-unsaturated/α-hetero) is 1. The van der Waals surface area contributed by atoms with Gasteiger partial charge in [0.15, 0.2) is 0 Å². The maximum atomic E-state index is 14.0. The van der Waals surface area contributed by atoms with Crippen LogP contribution in [0.4, 0.5) is 17.6 Å². The SMILES string of the molecule is O=C(c1cccc(Cc2ccccc2)c1F)C(F)(F)F. The van der Waals surface area contributed by atoms with E-state index >= 15 is 0 Å². The molecule has 0 aliphatic rings. The minimum Gasteiger partial charge on any atom is -0.284 e. The molecule has 0 aliphatic heterocycles. The fourth-order valence-corrected chi connectivity index (χ4v) is 1.86. The lowest BCUT2D eigenvalue weighted by atomic mass is 10.00. The molecule has 2 rings (SSSR count). The van der Waals surface area contributed by atoms with Gasteiger partial charge in [-0.2, -0.15) is 13.2 Å². The van der Waals surface area contributed by atoms with Gasteiger partial charge in [-0.05, 0) is 17.2 Å². The number of rotatable bonds is 3. The van der Waals surface area contributed by atoms with Gasteiger partial charge in [0.1, 0.15) is 5.82 Å². The van der Waals surface area contributed by atoms with Gasteiger partial charge < -0.3 is 0 Å². The Balaban J connectivity index is 2.35. The predicted octanol–water partition coefficient (Wildman–Crippen LogP) is 4.16. The van der Waals surface area contributed by atoms with Crippen molar-refractivity contribution in [2.24, 2.45) is 0 Å². The van der Waals surface area contributed by atoms with E-state index in [0.29, 0.717) is 0 Å². The molecular formula is C15H10F4O. The van der Waals surface area contributed by atoms with E-state index in [-0.39, 0.29) is 12.0 Å². The first-order valence-electron chi connectivity index (χ1n) is 5.82. The number of ketones is 1. The Kier molecular flexibility index (Phi) is 3.88. The molecule has 1 nitrogen and oxygen atoms in total. The molecule has 20 heavy (non-hydrogen) atoms. The molecule has 0 atom stereocenters. The lowest BCUT2D eigenvalue weighted by molar-refractivity contribution is -0.0887. The topological polar surface area (TPSA) is 17.1 Å². The highest BCUT2D eigenvalue weighted by atomic mass is 19.4. The van der Waals surface area contributed by atoms with E-state index in [1.807, 2.05) is 0 Å². The zero-order valence-corrected chi connectivity index (χ0v) is 10.2. The summed E-state index contributed by atoms with van der Waals surface area (Å²) in [6.45, 7) is 0. The van der Waals surface area contributed by atoms with Crippen LogP contribution in [0.15, 0.2) is 48.5 Å². The minimum absolute atomic E-state index is 0.0614. The molecule has 0 aromatic heterocycles. The van der Waals surface area contributed by atoms with Gasteiger partial charge in [0.2, 0.25) is 0 Å². The third-order valence-corrected chi connectivity index (χ3v) is 2.82. The first-order chi connectivity index (χ1) is 9.39. The standard InChI is InChI=1S/C15H10F4O/c16-13-11(9-10-5-2-1-3-6-10)7-4-8-12(13)14(20)15(17,18)19/h1-8H,9H2. The first kappa shape index (κ1) is 14.2. The summed E-state index contributed by atoms with van der Waals surface area (Å²) in [5.41, 5.74) is -0.125. The van der Waals surface area contributed by atoms with Crippen molar-refractivity contribution in [2.45, 2.75) is 12.6 Å². The third-order valence-electron chi connectivity index (χ3n) is 2.82. The van der Waals surface area contributed by atoms with Crippen LogP contribution in [0, 0.1) is 5.82 Å². The van der Waals surface area contributed by atoms with Gasteiger partial charge in [0.25, 0.3) is 5.78 Å². The van der Waals surface area contributed by atoms with Crippen LogP contribution in [0.3, 0.4) is 0 Å². The molecule has 2 aromatic carbocycles. The van der Waals surface area contributed by atoms with Crippen LogP contribution in [0.25, 0.3) is 0 Å². The van der Waals surface area contributed by atoms with E-state index in [0.717, 1.165) is 11.6 Å². The number of hydrogen-bond acceptors (Lipinski definition) is 1. The number of alkyl halides is 3. The molecular weight excluding hydrogens is 272 g/mol. The number of hydrogen-bond donors (Lipinski definition) is 0. The Bertz CT molecular complexity index is 618. The smallest absolute Gasteiger partial charge is 0.284 e. The maximum absolute atomic E-state index is 14.0. The van der Waals surface area contributed by atoms with E-state index in [1.54, 1.807) is 30.3 Å². The molecule has 0 bridgehead atoms. The molecule has 0 aliphatic carbocycles. The van der Waals surface area contributed by atoms with E-state index in [2.05, 4.69) is 0 Å². The molecule has 0 fully saturated rings. The van der Waals surface area contributed by atoms with E-state index in [9.17, 15) is 22.4 Å². The fraction of sp³-hybridized carbons (Fsp3) is 0.133. The number of carbonyl (C=O) groups excluding carboxylic acids is 1. The molecule has 0 amide bonds. The van der Waals surface area contributed by atoms with Crippen molar-refractivity contribution in [3.05, 3.63) is 71.0 Å². The average molecular weight is 282 g/mol. The first-order valence-corrected chi connectivity index (χ1v) is 5.82. The monoisotopic (exact) mass is 282 g/mol. The zero-order valence-electron chi connectivity index (χ0n) is 10.2. The second-order valence-electron chi connectivity index (χ2n) is 4.27. The van der Waals surface area contributed by atoms with Crippen LogP contribution in [0.5, 0.6) is 0 Å². The molecule has 0 radical (unpaired) electrons. The maximum Gasteiger partial charge on any atom is 0.454 e. The molecule has 0 saturated carbocycles. The largest absolute Gasteiger partial charge is 0.454 e. The minimum atomic E-state index is -5.08. The van der Waals surface area contributed by atoms with Gasteiger partial charge in [-0.3, -0.25) is 4.79 Å². The van der Waals surface area contributed by atoms with Crippen molar-refractivity contribution < 1.29 is 22.4 Å². The van der Waals surface area contributed by atoms with E-state index < -0.39 is 23.3 Å². The van der Waals surface area contributed by atoms with Gasteiger partial charge in [0.05, 0.1) is 5.56 Å². The summed E-state index contributed by atoms with van der Waals surface area (Å²) < 4.78 is 51.1.